The second kappa shape index (κ2) is 8.51. The number of amides is 2. The van der Waals surface area contributed by atoms with Gasteiger partial charge in [-0.1, -0.05) is 30.3 Å². The highest BCUT2D eigenvalue weighted by Gasteiger charge is 2.66. The average Bonchev–Trinajstić information content (AvgIpc) is 2.67. The molecule has 28 heavy (non-hydrogen) atoms. The van der Waals surface area contributed by atoms with E-state index in [0.29, 0.717) is 0 Å². The smallest absolute Gasteiger partial charge is 0.460 e. The summed E-state index contributed by atoms with van der Waals surface area (Å²) in [6, 6.07) is 11.4. The van der Waals surface area contributed by atoms with Crippen LogP contribution in [0.4, 0.5) is 23.7 Å². The molecule has 1 atom stereocenters. The summed E-state index contributed by atoms with van der Waals surface area (Å²) in [6.07, 6.45) is -5.34. The molecule has 0 saturated carbocycles. The minimum absolute atomic E-state index is 0.0863. The van der Waals surface area contributed by atoms with Crippen LogP contribution in [0, 0.1) is 0 Å². The first kappa shape index (κ1) is 20.9. The molecule has 10 heteroatoms. The van der Waals surface area contributed by atoms with Gasteiger partial charge in [-0.3, -0.25) is 5.32 Å². The van der Waals surface area contributed by atoms with E-state index in [0.717, 1.165) is 7.11 Å². The Morgan fingerprint density at radius 3 is 2.11 bits per heavy atom. The first-order valence-corrected chi connectivity index (χ1v) is 7.85. The number of halogens is 3. The molecule has 0 heterocycles. The first-order chi connectivity index (χ1) is 13.2. The molecule has 0 aliphatic carbocycles. The predicted molar refractivity (Wildman–Crippen MR) is 93.0 cm³/mol. The summed E-state index contributed by atoms with van der Waals surface area (Å²) in [5, 5.41) is 3.73. The highest BCUT2D eigenvalue weighted by molar-refractivity contribution is 5.95. The first-order valence-electron chi connectivity index (χ1n) is 7.85. The highest BCUT2D eigenvalue weighted by atomic mass is 19.4. The standard InChI is InChI=1S/C18H17F3N2O5/c1-26-14-11-7-6-10-13(14)22-16(25)23-17(15(24)27-2,18(19,20)21)28-12-8-4-3-5-9-12/h3-11H,1-2H3,(H2,22,23,25)/t17-/m1/s1. The zero-order chi connectivity index (χ0) is 20.8. The average molecular weight is 398 g/mol. The molecule has 0 aromatic heterocycles. The van der Waals surface area contributed by atoms with Crippen molar-refractivity contribution in [3.8, 4) is 11.5 Å². The van der Waals surface area contributed by atoms with Gasteiger partial charge in [-0.25, -0.2) is 9.59 Å². The van der Waals surface area contributed by atoms with Gasteiger partial charge in [0.1, 0.15) is 11.5 Å². The zero-order valence-electron chi connectivity index (χ0n) is 14.9. The lowest BCUT2D eigenvalue weighted by Crippen LogP contribution is -2.68. The van der Waals surface area contributed by atoms with Gasteiger partial charge in [0.15, 0.2) is 0 Å². The van der Waals surface area contributed by atoms with Gasteiger partial charge in [0.25, 0.3) is 0 Å². The topological polar surface area (TPSA) is 85.9 Å². The van der Waals surface area contributed by atoms with Crippen molar-refractivity contribution in [3.63, 3.8) is 0 Å². The maximum Gasteiger partial charge on any atom is 0.460 e. The van der Waals surface area contributed by atoms with E-state index in [2.05, 4.69) is 10.1 Å². The van der Waals surface area contributed by atoms with E-state index in [1.165, 1.54) is 49.6 Å². The van der Waals surface area contributed by atoms with Gasteiger partial charge in [-0.15, -0.1) is 0 Å². The Morgan fingerprint density at radius 1 is 0.929 bits per heavy atom. The van der Waals surface area contributed by atoms with E-state index in [-0.39, 0.29) is 17.2 Å². The quantitative estimate of drug-likeness (QED) is 0.576. The van der Waals surface area contributed by atoms with E-state index in [1.54, 1.807) is 17.4 Å². The fraction of sp³-hybridized carbons (Fsp3) is 0.222. The molecule has 150 valence electrons. The number of benzene rings is 2. The van der Waals surface area contributed by atoms with Crippen molar-refractivity contribution in [3.05, 3.63) is 54.6 Å². The van der Waals surface area contributed by atoms with Crippen LogP contribution in [0.25, 0.3) is 0 Å². The fourth-order valence-corrected chi connectivity index (χ4v) is 2.23. The predicted octanol–water partition coefficient (Wildman–Crippen LogP) is 3.33. The number of hydrogen-bond acceptors (Lipinski definition) is 5. The lowest BCUT2D eigenvalue weighted by atomic mass is 10.2. The summed E-state index contributed by atoms with van der Waals surface area (Å²) < 4.78 is 55.7. The number of esters is 1. The number of carbonyl (C=O) groups excluding carboxylic acids is 2. The van der Waals surface area contributed by atoms with Crippen LogP contribution in [-0.4, -0.2) is 38.1 Å². The number of rotatable bonds is 6. The van der Waals surface area contributed by atoms with E-state index in [1.807, 2.05) is 0 Å². The number of ether oxygens (including phenoxy) is 3. The molecule has 7 nitrogen and oxygen atoms in total. The third kappa shape index (κ3) is 4.45. The Kier molecular flexibility index (Phi) is 6.34. The van der Waals surface area contributed by atoms with Gasteiger partial charge in [-0.2, -0.15) is 13.2 Å². The Morgan fingerprint density at radius 2 is 1.54 bits per heavy atom. The van der Waals surface area contributed by atoms with E-state index in [4.69, 9.17) is 9.47 Å². The Bertz CT molecular complexity index is 829. The van der Waals surface area contributed by atoms with E-state index < -0.39 is 23.9 Å². The SMILES string of the molecule is COC(=O)[C@@](NC(=O)Nc1ccccc1OC)(Oc1ccccc1)C(F)(F)F. The molecule has 2 aromatic carbocycles. The molecule has 0 bridgehead atoms. The Hall–Kier alpha value is -3.43. The lowest BCUT2D eigenvalue weighted by molar-refractivity contribution is -0.258. The molecule has 0 radical (unpaired) electrons. The molecule has 2 aromatic rings. The third-order valence-electron chi connectivity index (χ3n) is 3.53. The summed E-state index contributed by atoms with van der Waals surface area (Å²) in [5.74, 6) is -1.95. The monoisotopic (exact) mass is 398 g/mol. The maximum atomic E-state index is 13.8. The van der Waals surface area contributed by atoms with Crippen molar-refractivity contribution in [2.75, 3.05) is 19.5 Å². The van der Waals surface area contributed by atoms with Crippen molar-refractivity contribution < 1.29 is 37.0 Å². The van der Waals surface area contributed by atoms with Crippen molar-refractivity contribution in [2.45, 2.75) is 11.9 Å². The number of methoxy groups -OCH3 is 2. The molecule has 0 aliphatic heterocycles. The van der Waals surface area contributed by atoms with Crippen LogP contribution in [0.5, 0.6) is 11.5 Å². The van der Waals surface area contributed by atoms with E-state index >= 15 is 0 Å². The Balaban J connectivity index is 2.37. The van der Waals surface area contributed by atoms with Crippen molar-refractivity contribution in [2.24, 2.45) is 0 Å². The number of alkyl halides is 3. The van der Waals surface area contributed by atoms with Crippen LogP contribution < -0.4 is 20.1 Å². The van der Waals surface area contributed by atoms with Crippen LogP contribution in [0.3, 0.4) is 0 Å². The van der Waals surface area contributed by atoms with Gasteiger partial charge in [0, 0.05) is 0 Å². The molecule has 0 fully saturated rings. The lowest BCUT2D eigenvalue weighted by Gasteiger charge is -2.33. The molecule has 0 aliphatic rings. The molecular formula is C18H17F3N2O5. The maximum absolute atomic E-state index is 13.8. The molecule has 2 N–H and O–H groups in total. The number of para-hydroxylation sites is 3. The number of anilines is 1. The summed E-state index contributed by atoms with van der Waals surface area (Å²) >= 11 is 0. The normalized spacial score (nSPS) is 13.0. The van der Waals surface area contributed by atoms with Crippen LogP contribution in [-0.2, 0) is 9.53 Å². The van der Waals surface area contributed by atoms with E-state index in [9.17, 15) is 22.8 Å². The number of carbonyl (C=O) groups is 2. The minimum atomic E-state index is -5.34. The summed E-state index contributed by atoms with van der Waals surface area (Å²) in [6.45, 7) is 0. The minimum Gasteiger partial charge on any atom is -0.495 e. The molecule has 0 spiro atoms. The number of urea groups is 1. The van der Waals surface area contributed by atoms with Crippen LogP contribution in [0.2, 0.25) is 0 Å². The van der Waals surface area contributed by atoms with Crippen molar-refractivity contribution >= 4 is 17.7 Å². The van der Waals surface area contributed by atoms with Crippen molar-refractivity contribution in [1.29, 1.82) is 0 Å². The van der Waals surface area contributed by atoms with Gasteiger partial charge in [0.2, 0.25) is 0 Å². The largest absolute Gasteiger partial charge is 0.495 e. The third-order valence-corrected chi connectivity index (χ3v) is 3.53. The second-order valence-electron chi connectivity index (χ2n) is 5.37. The van der Waals surface area contributed by atoms with Gasteiger partial charge in [0.05, 0.1) is 19.9 Å². The van der Waals surface area contributed by atoms with Crippen LogP contribution in [0.15, 0.2) is 54.6 Å². The molecule has 2 amide bonds. The Labute approximate surface area is 158 Å². The molecular weight excluding hydrogens is 381 g/mol. The second-order valence-corrected chi connectivity index (χ2v) is 5.37. The number of hydrogen-bond donors (Lipinski definition) is 2. The van der Waals surface area contributed by atoms with Gasteiger partial charge >= 0.3 is 23.9 Å². The van der Waals surface area contributed by atoms with Crippen molar-refractivity contribution in [1.82, 2.24) is 5.32 Å². The number of nitrogens with one attached hydrogen (secondary N) is 2. The molecule has 2 rings (SSSR count). The van der Waals surface area contributed by atoms with Crippen LogP contribution in [0.1, 0.15) is 0 Å². The molecule has 0 saturated heterocycles. The summed E-state index contributed by atoms with van der Waals surface area (Å²) in [5.41, 5.74) is -3.68. The summed E-state index contributed by atoms with van der Waals surface area (Å²) in [7, 11) is 2.07. The highest BCUT2D eigenvalue weighted by Crippen LogP contribution is 2.34. The van der Waals surface area contributed by atoms with Gasteiger partial charge in [-0.05, 0) is 24.3 Å². The van der Waals surface area contributed by atoms with Gasteiger partial charge < -0.3 is 19.5 Å². The zero-order valence-corrected chi connectivity index (χ0v) is 14.9. The van der Waals surface area contributed by atoms with Crippen LogP contribution >= 0.6 is 0 Å². The fourth-order valence-electron chi connectivity index (χ4n) is 2.23. The summed E-state index contributed by atoms with van der Waals surface area (Å²) in [4.78, 5) is 24.3. The molecule has 0 unspecified atom stereocenters.